The molecule has 5 aromatic heterocycles. The number of rotatable bonds is 64. The second kappa shape index (κ2) is 59.3. The molecule has 0 fully saturated rings. The SMILES string of the molecule is CCCCCCCCCCOc1cc(NC(=O)OCc2ccccc2)nc(NC(=O)c2cc(OCCCCCCCCCC)cc(C(=O)Nc3cc(OCCCCCCCCCC)cc(NC(=O)c4cc(OCCCCCCCCCC)cc(C(=O)Nc5cc(OCCCCCCCCCC)cc(NC(=O)OCc6ccccc6)n5)n4)n3)n2)c1. The maximum atomic E-state index is 14.9. The molecule has 0 aliphatic rings. The van der Waals surface area contributed by atoms with Crippen molar-refractivity contribution in [3.05, 3.63) is 155 Å². The van der Waals surface area contributed by atoms with Crippen molar-refractivity contribution in [2.45, 2.75) is 305 Å². The van der Waals surface area contributed by atoms with Gasteiger partial charge in [0.2, 0.25) is 0 Å². The average molecular weight is 1640 g/mol. The molecule has 0 saturated carbocycles. The second-order valence-electron chi connectivity index (χ2n) is 30.7. The van der Waals surface area contributed by atoms with Gasteiger partial charge in [-0.05, 0) is 43.2 Å². The minimum Gasteiger partial charge on any atom is -0.493 e. The van der Waals surface area contributed by atoms with E-state index in [1.54, 1.807) is 24.3 Å². The zero-order chi connectivity index (χ0) is 84.4. The molecule has 7 rings (SSSR count). The molecule has 0 aliphatic carbocycles. The van der Waals surface area contributed by atoms with E-state index in [0.717, 1.165) is 152 Å². The highest BCUT2D eigenvalue weighted by Crippen LogP contribution is 2.29. The number of carbonyl (C=O) groups excluding carboxylic acids is 6. The lowest BCUT2D eigenvalue weighted by atomic mass is 10.1. The summed E-state index contributed by atoms with van der Waals surface area (Å²) in [6.45, 7) is 12.7. The van der Waals surface area contributed by atoms with Crippen molar-refractivity contribution >= 4 is 70.7 Å². The third-order valence-electron chi connectivity index (χ3n) is 20.1. The Morgan fingerprint density at radius 1 is 0.235 bits per heavy atom. The first-order chi connectivity index (χ1) is 58.3. The van der Waals surface area contributed by atoms with Gasteiger partial charge in [0.25, 0.3) is 23.6 Å². The highest BCUT2D eigenvalue weighted by molar-refractivity contribution is 6.08. The van der Waals surface area contributed by atoms with Gasteiger partial charge in [0.05, 0.1) is 33.0 Å². The van der Waals surface area contributed by atoms with Gasteiger partial charge in [-0.2, -0.15) is 0 Å². The lowest BCUT2D eigenvalue weighted by molar-refractivity contribution is 0.0998. The van der Waals surface area contributed by atoms with Crippen molar-refractivity contribution in [1.29, 1.82) is 0 Å². The van der Waals surface area contributed by atoms with Crippen molar-refractivity contribution in [2.75, 3.05) is 64.9 Å². The van der Waals surface area contributed by atoms with Gasteiger partial charge in [0, 0.05) is 60.7 Å². The number of unbranched alkanes of at least 4 members (excludes halogenated alkanes) is 35. The molecule has 6 amide bonds. The average Bonchev–Trinajstić information content (AvgIpc) is 0.821. The van der Waals surface area contributed by atoms with E-state index in [4.69, 9.17) is 38.1 Å². The largest absolute Gasteiger partial charge is 0.493 e. The maximum absolute atomic E-state index is 14.9. The van der Waals surface area contributed by atoms with Gasteiger partial charge in [-0.1, -0.05) is 320 Å². The fraction of sp³-hybridized carbons (Fsp3) is 0.547. The molecular weight excluding hydrogens is 1500 g/mol. The van der Waals surface area contributed by atoms with Crippen molar-refractivity contribution in [1.82, 2.24) is 24.9 Å². The molecular formula is C95H135N11O13. The van der Waals surface area contributed by atoms with Gasteiger partial charge in [0.1, 0.15) is 99.6 Å². The van der Waals surface area contributed by atoms with E-state index in [9.17, 15) is 28.8 Å². The number of nitrogens with one attached hydrogen (secondary N) is 6. The van der Waals surface area contributed by atoms with Crippen LogP contribution in [0.2, 0.25) is 0 Å². The van der Waals surface area contributed by atoms with E-state index in [1.165, 1.54) is 152 Å². The van der Waals surface area contributed by atoms with Crippen LogP contribution in [-0.4, -0.2) is 93.8 Å². The Morgan fingerprint density at radius 2 is 0.429 bits per heavy atom. The molecule has 5 heterocycles. The Hall–Kier alpha value is -10.4. The van der Waals surface area contributed by atoms with Gasteiger partial charge in [-0.3, -0.25) is 29.8 Å². The zero-order valence-electron chi connectivity index (χ0n) is 71.8. The first kappa shape index (κ1) is 95.7. The van der Waals surface area contributed by atoms with E-state index in [0.29, 0.717) is 44.5 Å². The molecule has 0 saturated heterocycles. The Balaban J connectivity index is 1.17. The Labute approximate surface area is 707 Å². The number of benzene rings is 2. The predicted octanol–water partition coefficient (Wildman–Crippen LogP) is 24.8. The minimum atomic E-state index is -0.781. The molecule has 0 atom stereocenters. The predicted molar refractivity (Wildman–Crippen MR) is 474 cm³/mol. The normalized spacial score (nSPS) is 11.0. The third kappa shape index (κ3) is 41.2. The van der Waals surface area contributed by atoms with Crippen LogP contribution in [0.3, 0.4) is 0 Å². The van der Waals surface area contributed by atoms with Crippen LogP contribution < -0.4 is 55.6 Å². The first-order valence-corrected chi connectivity index (χ1v) is 44.7. The summed E-state index contributed by atoms with van der Waals surface area (Å²) in [5, 5.41) is 16.7. The van der Waals surface area contributed by atoms with Crippen LogP contribution in [-0.2, 0) is 22.7 Å². The van der Waals surface area contributed by atoms with Crippen molar-refractivity contribution in [3.63, 3.8) is 0 Å². The van der Waals surface area contributed by atoms with Gasteiger partial charge in [-0.25, -0.2) is 34.5 Å². The van der Waals surface area contributed by atoms with Crippen molar-refractivity contribution in [2.24, 2.45) is 0 Å². The highest BCUT2D eigenvalue weighted by atomic mass is 16.6. The summed E-state index contributed by atoms with van der Waals surface area (Å²) in [6.07, 6.45) is 41.7. The summed E-state index contributed by atoms with van der Waals surface area (Å²) in [4.78, 5) is 109. The van der Waals surface area contributed by atoms with Crippen LogP contribution in [0.25, 0.3) is 0 Å². The number of hydrogen-bond donors (Lipinski definition) is 6. The summed E-state index contributed by atoms with van der Waals surface area (Å²) in [5.74, 6) is -1.65. The number of amides is 6. The summed E-state index contributed by atoms with van der Waals surface area (Å²) >= 11 is 0. The molecule has 0 radical (unpaired) electrons. The van der Waals surface area contributed by atoms with Crippen LogP contribution in [0.15, 0.2) is 121 Å². The second-order valence-corrected chi connectivity index (χ2v) is 30.7. The summed E-state index contributed by atoms with van der Waals surface area (Å²) in [5.41, 5.74) is 0.780. The highest BCUT2D eigenvalue weighted by Gasteiger charge is 2.23. The number of nitrogens with zero attached hydrogens (tertiary/aromatic N) is 5. The van der Waals surface area contributed by atoms with E-state index < -0.39 is 35.8 Å². The number of pyridine rings is 5. The van der Waals surface area contributed by atoms with Crippen molar-refractivity contribution < 1.29 is 61.9 Å². The molecule has 0 spiro atoms. The summed E-state index contributed by atoms with van der Waals surface area (Å²) in [6, 6.07) is 33.6. The van der Waals surface area contributed by atoms with Crippen LogP contribution in [0.1, 0.15) is 345 Å². The molecule has 119 heavy (non-hydrogen) atoms. The molecule has 6 N–H and O–H groups in total. The van der Waals surface area contributed by atoms with E-state index in [2.05, 4.69) is 86.5 Å². The first-order valence-electron chi connectivity index (χ1n) is 44.7. The molecule has 2 aromatic carbocycles. The molecule has 0 aliphatic heterocycles. The smallest absolute Gasteiger partial charge is 0.413 e. The van der Waals surface area contributed by atoms with Crippen LogP contribution in [0.4, 0.5) is 44.5 Å². The van der Waals surface area contributed by atoms with Gasteiger partial charge in [0.15, 0.2) is 0 Å². The van der Waals surface area contributed by atoms with Gasteiger partial charge >= 0.3 is 12.2 Å². The summed E-state index contributed by atoms with van der Waals surface area (Å²) in [7, 11) is 0. The Kier molecular flexibility index (Phi) is 47.7. The van der Waals surface area contributed by atoms with Gasteiger partial charge in [-0.15, -0.1) is 0 Å². The number of aromatic nitrogens is 5. The quantitative estimate of drug-likeness (QED) is 0.0193. The van der Waals surface area contributed by atoms with Crippen LogP contribution in [0, 0.1) is 0 Å². The Morgan fingerprint density at radius 3 is 0.647 bits per heavy atom. The number of carbonyl (C=O) groups is 6. The fourth-order valence-corrected chi connectivity index (χ4v) is 13.4. The summed E-state index contributed by atoms with van der Waals surface area (Å²) < 4.78 is 42.6. The molecule has 648 valence electrons. The lowest BCUT2D eigenvalue weighted by Gasteiger charge is -2.15. The number of anilines is 6. The Bertz CT molecular complexity index is 3820. The van der Waals surface area contributed by atoms with Crippen LogP contribution in [0.5, 0.6) is 28.7 Å². The van der Waals surface area contributed by atoms with Crippen molar-refractivity contribution in [3.8, 4) is 28.7 Å². The third-order valence-corrected chi connectivity index (χ3v) is 20.1. The van der Waals surface area contributed by atoms with Crippen LogP contribution >= 0.6 is 0 Å². The molecule has 0 unspecified atom stereocenters. The van der Waals surface area contributed by atoms with Gasteiger partial charge < -0.3 is 54.4 Å². The number of ether oxygens (including phenoxy) is 7. The van der Waals surface area contributed by atoms with E-state index in [1.807, 2.05) is 60.7 Å². The molecule has 7 aromatic rings. The lowest BCUT2D eigenvalue weighted by Crippen LogP contribution is -2.21. The topological polar surface area (TPSA) is 304 Å². The number of hydrogen-bond acceptors (Lipinski definition) is 18. The maximum Gasteiger partial charge on any atom is 0.413 e. The fourth-order valence-electron chi connectivity index (χ4n) is 13.4. The zero-order valence-corrected chi connectivity index (χ0v) is 71.8. The molecule has 24 heteroatoms. The molecule has 0 bridgehead atoms. The van der Waals surface area contributed by atoms with E-state index in [-0.39, 0.29) is 88.1 Å². The minimum absolute atomic E-state index is 0.0101. The van der Waals surface area contributed by atoms with E-state index >= 15 is 0 Å². The standard InChI is InChI=1S/C95H135N11O13/c1-6-11-16-21-26-31-36-47-56-113-75-61-80(96-82(63-75)92(109)103-86-67-78(116-59-50-39-34-29-24-19-14-9-4)69-88(99-86)105-94(111)118-71-73-52-43-41-44-53-73)90(107)101-84-65-77(115-58-49-38-33-28-23-18-13-8-3)66-85(98-84)102-91(108)81-62-76(114-57-48-37-32-27-22-17-12-7-2)64-83(97-81)93(110)104-87-68-79(117-60-51-40-35-30-25-20-15-10-5)70-89(100-87)106-95(112)119-72-74-54-45-42-46-55-74/h41-46,52-55,61-70H,6-40,47-51,56-60,71-72H2,1-5H3,(H2,98,101,102,107,108)(H2,99,103,105,109,111)(H2,100,104,106,110,112). The monoisotopic (exact) mass is 1640 g/mol. The molecule has 24 nitrogen and oxygen atoms in total.